The third-order valence-electron chi connectivity index (χ3n) is 5.70. The molecule has 3 heterocycles. The Morgan fingerprint density at radius 2 is 1.80 bits per heavy atom. The molecular weight excluding hydrogens is 459 g/mol. The first-order valence-corrected chi connectivity index (χ1v) is 10.7. The molecule has 178 valence electrons. The minimum Gasteiger partial charge on any atom is -0.384 e. The minimum absolute atomic E-state index is 0.317. The standard InChI is InChI=1S/C24H20F3N7O/c1-13(18-4-3-5-20(28)30-18)29-23(35)14-6-11-19-17(12-14)21-22(32-33(2)31-21)34(19)16-9-7-15(8-10-16)24(25,26)27/h3-13H,1-2H3,(H2,28,30)(H,29,35)/t13-/m1/s1. The summed E-state index contributed by atoms with van der Waals surface area (Å²) in [7, 11) is 1.65. The van der Waals surface area contributed by atoms with Crippen LogP contribution in [0.5, 0.6) is 0 Å². The number of carbonyl (C=O) groups excluding carboxylic acids is 1. The Bertz CT molecular complexity index is 1570. The molecule has 0 aliphatic carbocycles. The predicted molar refractivity (Wildman–Crippen MR) is 125 cm³/mol. The summed E-state index contributed by atoms with van der Waals surface area (Å²) in [5.41, 5.74) is 8.18. The van der Waals surface area contributed by atoms with Gasteiger partial charge in [0.1, 0.15) is 11.3 Å². The molecule has 1 amide bonds. The molecule has 3 aromatic heterocycles. The van der Waals surface area contributed by atoms with Crippen molar-refractivity contribution >= 4 is 33.8 Å². The number of hydrogen-bond acceptors (Lipinski definition) is 5. The third-order valence-corrected chi connectivity index (χ3v) is 5.70. The van der Waals surface area contributed by atoms with Gasteiger partial charge in [0.25, 0.3) is 5.91 Å². The van der Waals surface area contributed by atoms with Crippen molar-refractivity contribution in [3.63, 3.8) is 0 Å². The van der Waals surface area contributed by atoms with Crippen LogP contribution in [0.4, 0.5) is 19.0 Å². The fourth-order valence-electron chi connectivity index (χ4n) is 4.02. The van der Waals surface area contributed by atoms with Gasteiger partial charge in [-0.3, -0.25) is 9.36 Å². The molecule has 0 unspecified atom stereocenters. The van der Waals surface area contributed by atoms with Gasteiger partial charge in [0.2, 0.25) is 0 Å². The van der Waals surface area contributed by atoms with E-state index in [1.54, 1.807) is 54.9 Å². The molecule has 1 atom stereocenters. The molecule has 2 aromatic carbocycles. The van der Waals surface area contributed by atoms with E-state index in [0.717, 1.165) is 12.1 Å². The molecule has 0 aliphatic rings. The van der Waals surface area contributed by atoms with Crippen LogP contribution in [0.25, 0.3) is 27.8 Å². The van der Waals surface area contributed by atoms with Crippen LogP contribution in [0.2, 0.25) is 0 Å². The molecule has 0 radical (unpaired) electrons. The molecule has 0 bridgehead atoms. The van der Waals surface area contributed by atoms with E-state index in [9.17, 15) is 18.0 Å². The quantitative estimate of drug-likeness (QED) is 0.398. The van der Waals surface area contributed by atoms with Gasteiger partial charge in [-0.05, 0) is 61.5 Å². The average molecular weight is 479 g/mol. The number of aromatic nitrogens is 5. The van der Waals surface area contributed by atoms with Crippen LogP contribution in [0.3, 0.4) is 0 Å². The zero-order chi connectivity index (χ0) is 24.9. The van der Waals surface area contributed by atoms with E-state index in [1.807, 2.05) is 0 Å². The maximum Gasteiger partial charge on any atom is 0.416 e. The number of alkyl halides is 3. The van der Waals surface area contributed by atoms with E-state index >= 15 is 0 Å². The van der Waals surface area contributed by atoms with E-state index in [1.165, 1.54) is 16.9 Å². The van der Waals surface area contributed by atoms with Crippen molar-refractivity contribution in [3.8, 4) is 5.69 Å². The number of pyridine rings is 1. The first-order chi connectivity index (χ1) is 16.6. The second kappa shape index (κ2) is 8.12. The molecule has 3 N–H and O–H groups in total. The molecule has 35 heavy (non-hydrogen) atoms. The number of nitrogen functional groups attached to an aromatic ring is 1. The fraction of sp³-hybridized carbons (Fsp3) is 0.167. The van der Waals surface area contributed by atoms with Crippen molar-refractivity contribution < 1.29 is 18.0 Å². The number of rotatable bonds is 4. The van der Waals surface area contributed by atoms with Gasteiger partial charge in [-0.2, -0.15) is 23.1 Å². The second-order valence-electron chi connectivity index (χ2n) is 8.16. The van der Waals surface area contributed by atoms with Crippen molar-refractivity contribution in [3.05, 3.63) is 77.5 Å². The number of aryl methyl sites for hydroxylation is 1. The fourth-order valence-corrected chi connectivity index (χ4v) is 4.02. The molecule has 8 nitrogen and oxygen atoms in total. The molecule has 5 aromatic rings. The zero-order valence-electron chi connectivity index (χ0n) is 18.7. The number of nitrogens with zero attached hydrogens (tertiary/aromatic N) is 5. The Kier molecular flexibility index (Phi) is 5.19. The smallest absolute Gasteiger partial charge is 0.384 e. The molecule has 0 saturated heterocycles. The lowest BCUT2D eigenvalue weighted by molar-refractivity contribution is -0.137. The van der Waals surface area contributed by atoms with E-state index < -0.39 is 11.7 Å². The van der Waals surface area contributed by atoms with Gasteiger partial charge in [-0.1, -0.05) is 6.07 Å². The van der Waals surface area contributed by atoms with Crippen molar-refractivity contribution in [1.29, 1.82) is 0 Å². The Balaban J connectivity index is 1.54. The highest BCUT2D eigenvalue weighted by Gasteiger charge is 2.30. The number of anilines is 1. The summed E-state index contributed by atoms with van der Waals surface area (Å²) in [4.78, 5) is 18.6. The Labute approximate surface area is 197 Å². The van der Waals surface area contributed by atoms with Crippen molar-refractivity contribution in [2.45, 2.75) is 19.1 Å². The number of nitrogens with one attached hydrogen (secondary N) is 1. The van der Waals surface area contributed by atoms with Crippen molar-refractivity contribution in [1.82, 2.24) is 29.9 Å². The van der Waals surface area contributed by atoms with Crippen molar-refractivity contribution in [2.75, 3.05) is 5.73 Å². The summed E-state index contributed by atoms with van der Waals surface area (Å²) in [6.45, 7) is 1.81. The summed E-state index contributed by atoms with van der Waals surface area (Å²) < 4.78 is 40.8. The lowest BCUT2D eigenvalue weighted by Gasteiger charge is -2.14. The van der Waals surface area contributed by atoms with Crippen LogP contribution >= 0.6 is 0 Å². The molecule has 5 rings (SSSR count). The van der Waals surface area contributed by atoms with Crippen LogP contribution in [0.15, 0.2) is 60.7 Å². The zero-order valence-corrected chi connectivity index (χ0v) is 18.7. The minimum atomic E-state index is -4.43. The third kappa shape index (κ3) is 4.05. The first kappa shape index (κ1) is 22.4. The van der Waals surface area contributed by atoms with Crippen LogP contribution in [-0.2, 0) is 13.2 Å². The topological polar surface area (TPSA) is 104 Å². The number of benzene rings is 2. The largest absolute Gasteiger partial charge is 0.416 e. The van der Waals surface area contributed by atoms with Gasteiger partial charge in [0.05, 0.1) is 22.8 Å². The van der Waals surface area contributed by atoms with Crippen LogP contribution in [0, 0.1) is 0 Å². The molecule has 11 heteroatoms. The summed E-state index contributed by atoms with van der Waals surface area (Å²) in [5.74, 6) is 0.0441. The van der Waals surface area contributed by atoms with Crippen molar-refractivity contribution in [2.24, 2.45) is 7.05 Å². The second-order valence-corrected chi connectivity index (χ2v) is 8.16. The van der Waals surface area contributed by atoms with Gasteiger partial charge in [-0.25, -0.2) is 4.98 Å². The lowest BCUT2D eigenvalue weighted by Crippen LogP contribution is -2.27. The highest BCUT2D eigenvalue weighted by Crippen LogP contribution is 2.33. The monoisotopic (exact) mass is 479 g/mol. The van der Waals surface area contributed by atoms with Gasteiger partial charge < -0.3 is 11.1 Å². The number of halogens is 3. The predicted octanol–water partition coefficient (Wildman–Crippen LogP) is 4.40. The van der Waals surface area contributed by atoms with Gasteiger partial charge >= 0.3 is 6.18 Å². The number of amides is 1. The molecule has 0 saturated carbocycles. The van der Waals surface area contributed by atoms with Gasteiger partial charge in [0.15, 0.2) is 5.65 Å². The Morgan fingerprint density at radius 1 is 1.06 bits per heavy atom. The van der Waals surface area contributed by atoms with Crippen LogP contribution in [-0.4, -0.2) is 30.5 Å². The molecule has 0 aliphatic heterocycles. The average Bonchev–Trinajstić information content (AvgIpc) is 3.32. The van der Waals surface area contributed by atoms with Gasteiger partial charge in [0, 0.05) is 23.7 Å². The first-order valence-electron chi connectivity index (χ1n) is 10.7. The van der Waals surface area contributed by atoms with E-state index in [4.69, 9.17) is 5.73 Å². The summed E-state index contributed by atoms with van der Waals surface area (Å²) in [6.07, 6.45) is -4.43. The summed E-state index contributed by atoms with van der Waals surface area (Å²) in [5, 5.41) is 12.4. The molecule has 0 fully saturated rings. The SMILES string of the molecule is C[C@@H](NC(=O)c1ccc2c(c1)c1nn(C)nc1n2-c1ccc(C(F)(F)F)cc1)c1cccc(N)n1. The summed E-state index contributed by atoms with van der Waals surface area (Å²) in [6, 6.07) is 14.7. The molecular formula is C24H20F3N7O. The molecule has 0 spiro atoms. The van der Waals surface area contributed by atoms with E-state index in [-0.39, 0.29) is 11.9 Å². The Morgan fingerprint density at radius 3 is 2.49 bits per heavy atom. The van der Waals surface area contributed by atoms with E-state index in [2.05, 4.69) is 20.5 Å². The maximum absolute atomic E-state index is 13.0. The highest BCUT2D eigenvalue weighted by atomic mass is 19.4. The lowest BCUT2D eigenvalue weighted by atomic mass is 10.1. The number of fused-ring (bicyclic) bond motifs is 3. The number of carbonyl (C=O) groups is 1. The Hall–Kier alpha value is -4.41. The normalized spacial score (nSPS) is 12.8. The number of hydrogen-bond donors (Lipinski definition) is 2. The summed E-state index contributed by atoms with van der Waals surface area (Å²) >= 11 is 0. The van der Waals surface area contributed by atoms with Crippen LogP contribution < -0.4 is 11.1 Å². The van der Waals surface area contributed by atoms with Crippen LogP contribution in [0.1, 0.15) is 34.6 Å². The van der Waals surface area contributed by atoms with E-state index in [0.29, 0.717) is 44.8 Å². The maximum atomic E-state index is 13.0. The highest BCUT2D eigenvalue weighted by molar-refractivity contribution is 6.08. The van der Waals surface area contributed by atoms with Gasteiger partial charge in [-0.15, -0.1) is 5.10 Å². The number of nitrogens with two attached hydrogens (primary N) is 1.